The first-order valence-corrected chi connectivity index (χ1v) is 8.26. The summed E-state index contributed by atoms with van der Waals surface area (Å²) >= 11 is 0. The normalized spacial score (nSPS) is 14.6. The second-order valence-corrected chi connectivity index (χ2v) is 6.25. The Hall–Kier alpha value is -2.62. The number of anilines is 1. The van der Waals surface area contributed by atoms with Gasteiger partial charge < -0.3 is 9.80 Å². The van der Waals surface area contributed by atoms with Crippen LogP contribution in [0.5, 0.6) is 0 Å². The van der Waals surface area contributed by atoms with Crippen LogP contribution in [0.3, 0.4) is 0 Å². The van der Waals surface area contributed by atoms with Gasteiger partial charge in [-0.15, -0.1) is 0 Å². The summed E-state index contributed by atoms with van der Waals surface area (Å²) in [6, 6.07) is 13.6. The van der Waals surface area contributed by atoms with Crippen LogP contribution in [0.1, 0.15) is 31.8 Å². The molecule has 3 rings (SSSR count). The first kappa shape index (κ1) is 16.2. The molecule has 1 saturated heterocycles. The zero-order valence-corrected chi connectivity index (χ0v) is 14.2. The number of carbonyl (C=O) groups is 2. The molecular formula is C20H22N2O2. The van der Waals surface area contributed by atoms with E-state index in [4.69, 9.17) is 0 Å². The smallest absolute Gasteiger partial charge is 0.254 e. The Bertz CT molecular complexity index is 762. The molecule has 2 aromatic rings. The lowest BCUT2D eigenvalue weighted by atomic mass is 10.1. The van der Waals surface area contributed by atoms with Crippen LogP contribution in [0, 0.1) is 13.8 Å². The number of nitrogens with zero attached hydrogens (tertiary/aromatic N) is 2. The number of hydrogen-bond acceptors (Lipinski definition) is 3. The third-order valence-electron chi connectivity index (χ3n) is 4.69. The molecule has 0 radical (unpaired) electrons. The summed E-state index contributed by atoms with van der Waals surface area (Å²) in [5, 5.41) is 0. The van der Waals surface area contributed by atoms with E-state index in [1.807, 2.05) is 61.2 Å². The van der Waals surface area contributed by atoms with Crippen molar-refractivity contribution in [1.82, 2.24) is 4.90 Å². The SMILES string of the molecule is Cc1cc(N2CCN(C(=O)c3ccccc3C)CC2)ccc1C=O. The Morgan fingerprint density at radius 3 is 2.29 bits per heavy atom. The van der Waals surface area contributed by atoms with E-state index in [-0.39, 0.29) is 5.91 Å². The van der Waals surface area contributed by atoms with Crippen molar-refractivity contribution in [2.45, 2.75) is 13.8 Å². The molecular weight excluding hydrogens is 300 g/mol. The summed E-state index contributed by atoms with van der Waals surface area (Å²) in [4.78, 5) is 27.8. The van der Waals surface area contributed by atoms with E-state index >= 15 is 0 Å². The van der Waals surface area contributed by atoms with E-state index in [9.17, 15) is 9.59 Å². The number of benzene rings is 2. The number of rotatable bonds is 3. The highest BCUT2D eigenvalue weighted by atomic mass is 16.2. The highest BCUT2D eigenvalue weighted by molar-refractivity contribution is 5.95. The Morgan fingerprint density at radius 1 is 0.958 bits per heavy atom. The molecule has 1 heterocycles. The van der Waals surface area contributed by atoms with Crippen LogP contribution in [-0.4, -0.2) is 43.3 Å². The minimum absolute atomic E-state index is 0.111. The minimum Gasteiger partial charge on any atom is -0.368 e. The van der Waals surface area contributed by atoms with Gasteiger partial charge in [-0.25, -0.2) is 0 Å². The fraction of sp³-hybridized carbons (Fsp3) is 0.300. The van der Waals surface area contributed by atoms with Crippen molar-refractivity contribution in [2.24, 2.45) is 0 Å². The molecule has 0 aliphatic carbocycles. The molecule has 1 aliphatic heterocycles. The molecule has 1 fully saturated rings. The van der Waals surface area contributed by atoms with Crippen LogP contribution in [0.25, 0.3) is 0 Å². The maximum absolute atomic E-state index is 12.7. The van der Waals surface area contributed by atoms with Crippen LogP contribution in [-0.2, 0) is 0 Å². The fourth-order valence-electron chi connectivity index (χ4n) is 3.14. The van der Waals surface area contributed by atoms with E-state index in [0.29, 0.717) is 13.1 Å². The molecule has 0 bridgehead atoms. The third-order valence-corrected chi connectivity index (χ3v) is 4.69. The zero-order valence-electron chi connectivity index (χ0n) is 14.2. The molecule has 4 nitrogen and oxygen atoms in total. The van der Waals surface area contributed by atoms with Gasteiger partial charge in [0.05, 0.1) is 0 Å². The van der Waals surface area contributed by atoms with Crippen LogP contribution < -0.4 is 4.90 Å². The number of aryl methyl sites for hydroxylation is 2. The standard InChI is InChI=1S/C20H22N2O2/c1-15-5-3-4-6-19(15)20(24)22-11-9-21(10-12-22)18-8-7-17(14-23)16(2)13-18/h3-8,13-14H,9-12H2,1-2H3. The van der Waals surface area contributed by atoms with E-state index in [1.54, 1.807) is 0 Å². The van der Waals surface area contributed by atoms with Crippen LogP contribution in [0.4, 0.5) is 5.69 Å². The van der Waals surface area contributed by atoms with Crippen molar-refractivity contribution >= 4 is 17.9 Å². The Morgan fingerprint density at radius 2 is 1.67 bits per heavy atom. The van der Waals surface area contributed by atoms with Gasteiger partial charge in [0.15, 0.2) is 0 Å². The van der Waals surface area contributed by atoms with Gasteiger partial charge in [-0.05, 0) is 49.2 Å². The Labute approximate surface area is 142 Å². The van der Waals surface area contributed by atoms with Crippen molar-refractivity contribution in [2.75, 3.05) is 31.1 Å². The lowest BCUT2D eigenvalue weighted by Gasteiger charge is -2.36. The van der Waals surface area contributed by atoms with E-state index in [2.05, 4.69) is 4.90 Å². The topological polar surface area (TPSA) is 40.6 Å². The van der Waals surface area contributed by atoms with Gasteiger partial charge in [0.25, 0.3) is 5.91 Å². The molecule has 2 aromatic carbocycles. The van der Waals surface area contributed by atoms with E-state index in [0.717, 1.165) is 47.3 Å². The summed E-state index contributed by atoms with van der Waals surface area (Å²) in [5.41, 5.74) is 4.64. The van der Waals surface area contributed by atoms with Crippen LogP contribution in [0.2, 0.25) is 0 Å². The molecule has 4 heteroatoms. The summed E-state index contributed by atoms with van der Waals surface area (Å²) in [5.74, 6) is 0.111. The number of hydrogen-bond donors (Lipinski definition) is 0. The largest absolute Gasteiger partial charge is 0.368 e. The average molecular weight is 322 g/mol. The molecule has 0 saturated carbocycles. The van der Waals surface area contributed by atoms with Crippen molar-refractivity contribution in [1.29, 1.82) is 0 Å². The van der Waals surface area contributed by atoms with E-state index in [1.165, 1.54) is 0 Å². The number of aldehydes is 1. The number of amides is 1. The van der Waals surface area contributed by atoms with Crippen molar-refractivity contribution < 1.29 is 9.59 Å². The minimum atomic E-state index is 0.111. The number of piperazine rings is 1. The number of carbonyl (C=O) groups excluding carboxylic acids is 2. The second kappa shape index (κ2) is 6.87. The van der Waals surface area contributed by atoms with Gasteiger partial charge in [0.2, 0.25) is 0 Å². The summed E-state index contributed by atoms with van der Waals surface area (Å²) in [7, 11) is 0. The molecule has 0 N–H and O–H groups in total. The lowest BCUT2D eigenvalue weighted by molar-refractivity contribution is 0.0746. The molecule has 124 valence electrons. The van der Waals surface area contributed by atoms with Crippen LogP contribution >= 0.6 is 0 Å². The van der Waals surface area contributed by atoms with Gasteiger partial charge in [-0.3, -0.25) is 9.59 Å². The maximum atomic E-state index is 12.7. The quantitative estimate of drug-likeness (QED) is 0.816. The van der Waals surface area contributed by atoms with Crippen molar-refractivity contribution in [3.8, 4) is 0 Å². The second-order valence-electron chi connectivity index (χ2n) is 6.25. The summed E-state index contributed by atoms with van der Waals surface area (Å²) < 4.78 is 0. The van der Waals surface area contributed by atoms with Gasteiger partial charge in [0, 0.05) is 43.0 Å². The van der Waals surface area contributed by atoms with Gasteiger partial charge in [0.1, 0.15) is 6.29 Å². The predicted molar refractivity (Wildman–Crippen MR) is 95.9 cm³/mol. The molecule has 24 heavy (non-hydrogen) atoms. The molecule has 0 atom stereocenters. The van der Waals surface area contributed by atoms with Crippen molar-refractivity contribution in [3.05, 3.63) is 64.7 Å². The van der Waals surface area contributed by atoms with E-state index < -0.39 is 0 Å². The van der Waals surface area contributed by atoms with Crippen LogP contribution in [0.15, 0.2) is 42.5 Å². The average Bonchev–Trinajstić information content (AvgIpc) is 2.61. The summed E-state index contributed by atoms with van der Waals surface area (Å²) in [6.45, 7) is 6.95. The first-order valence-electron chi connectivity index (χ1n) is 8.26. The molecule has 1 amide bonds. The zero-order chi connectivity index (χ0) is 17.1. The monoisotopic (exact) mass is 322 g/mol. The third kappa shape index (κ3) is 3.18. The van der Waals surface area contributed by atoms with Gasteiger partial charge >= 0.3 is 0 Å². The molecule has 1 aliphatic rings. The summed E-state index contributed by atoms with van der Waals surface area (Å²) in [6.07, 6.45) is 0.887. The van der Waals surface area contributed by atoms with Crippen molar-refractivity contribution in [3.63, 3.8) is 0 Å². The van der Waals surface area contributed by atoms with Gasteiger partial charge in [-0.1, -0.05) is 18.2 Å². The highest BCUT2D eigenvalue weighted by Gasteiger charge is 2.23. The molecule has 0 aromatic heterocycles. The Kier molecular flexibility index (Phi) is 4.65. The molecule has 0 spiro atoms. The predicted octanol–water partition coefficient (Wildman–Crippen LogP) is 3.08. The van der Waals surface area contributed by atoms with Gasteiger partial charge in [-0.2, -0.15) is 0 Å². The fourth-order valence-corrected chi connectivity index (χ4v) is 3.14. The lowest BCUT2D eigenvalue weighted by Crippen LogP contribution is -2.49. The highest BCUT2D eigenvalue weighted by Crippen LogP contribution is 2.21. The Balaban J connectivity index is 1.68. The maximum Gasteiger partial charge on any atom is 0.254 e. The first-order chi connectivity index (χ1) is 11.6. The molecule has 0 unspecified atom stereocenters.